The van der Waals surface area contributed by atoms with E-state index in [4.69, 9.17) is 17.3 Å². The summed E-state index contributed by atoms with van der Waals surface area (Å²) in [4.78, 5) is 4.80. The van der Waals surface area contributed by atoms with Gasteiger partial charge in [-0.2, -0.15) is 0 Å². The number of likely N-dealkylation sites (tertiary alicyclic amines) is 1. The Balaban J connectivity index is 2.08. The van der Waals surface area contributed by atoms with Crippen molar-refractivity contribution in [2.45, 2.75) is 24.9 Å². The van der Waals surface area contributed by atoms with Gasteiger partial charge in [0.25, 0.3) is 0 Å². The maximum absolute atomic E-state index is 6.20. The lowest BCUT2D eigenvalue weighted by atomic mass is 10.0. The lowest BCUT2D eigenvalue weighted by Crippen LogP contribution is -2.40. The maximum atomic E-state index is 6.20. The van der Waals surface area contributed by atoms with Crippen LogP contribution in [0.3, 0.4) is 0 Å². The van der Waals surface area contributed by atoms with Crippen LogP contribution in [0, 0.1) is 0 Å². The topological polar surface area (TPSA) is 32.5 Å². The molecule has 0 aromatic heterocycles. The Kier molecular flexibility index (Phi) is 5.87. The van der Waals surface area contributed by atoms with E-state index in [1.807, 2.05) is 12.1 Å². The van der Waals surface area contributed by atoms with E-state index in [-0.39, 0.29) is 6.04 Å². The van der Waals surface area contributed by atoms with Crippen molar-refractivity contribution in [1.29, 1.82) is 0 Å². The predicted molar refractivity (Wildman–Crippen MR) is 89.2 cm³/mol. The van der Waals surface area contributed by atoms with Gasteiger partial charge >= 0.3 is 0 Å². The van der Waals surface area contributed by atoms with E-state index in [2.05, 4.69) is 45.9 Å². The molecular weight excluding hydrogens is 338 g/mol. The molecule has 1 fully saturated rings. The highest BCUT2D eigenvalue weighted by Crippen LogP contribution is 2.28. The van der Waals surface area contributed by atoms with Crippen LogP contribution >= 0.6 is 27.5 Å². The molecule has 0 radical (unpaired) electrons. The minimum absolute atomic E-state index is 0.217. The van der Waals surface area contributed by atoms with Crippen LogP contribution in [0.1, 0.15) is 24.4 Å². The Labute approximate surface area is 135 Å². The van der Waals surface area contributed by atoms with Gasteiger partial charge in [0, 0.05) is 29.6 Å². The first-order chi connectivity index (χ1) is 9.52. The third-order valence-electron chi connectivity index (χ3n) is 4.25. The second-order valence-corrected chi connectivity index (χ2v) is 6.90. The van der Waals surface area contributed by atoms with Gasteiger partial charge in [0.1, 0.15) is 0 Å². The zero-order valence-electron chi connectivity index (χ0n) is 12.1. The Hall–Kier alpha value is -0.130. The normalized spacial score (nSPS) is 21.6. The SMILES string of the molecule is CN1CCCC1CN(C)C(CN)c1ccc(Br)c(Cl)c1. The minimum Gasteiger partial charge on any atom is -0.329 e. The van der Waals surface area contributed by atoms with Crippen molar-refractivity contribution in [1.82, 2.24) is 9.80 Å². The molecule has 1 aliphatic rings. The highest BCUT2D eigenvalue weighted by atomic mass is 79.9. The van der Waals surface area contributed by atoms with Crippen molar-refractivity contribution >= 4 is 27.5 Å². The number of likely N-dealkylation sites (N-methyl/N-ethyl adjacent to an activating group) is 2. The van der Waals surface area contributed by atoms with Crippen LogP contribution in [0.15, 0.2) is 22.7 Å². The van der Waals surface area contributed by atoms with E-state index in [0.717, 1.165) is 16.0 Å². The predicted octanol–water partition coefficient (Wildman–Crippen LogP) is 3.13. The van der Waals surface area contributed by atoms with Crippen molar-refractivity contribution in [3.05, 3.63) is 33.3 Å². The van der Waals surface area contributed by atoms with E-state index in [9.17, 15) is 0 Å². The number of benzene rings is 1. The fourth-order valence-corrected chi connectivity index (χ4v) is 3.40. The summed E-state index contributed by atoms with van der Waals surface area (Å²) in [5.74, 6) is 0. The van der Waals surface area contributed by atoms with Gasteiger partial charge in [-0.1, -0.05) is 17.7 Å². The lowest BCUT2D eigenvalue weighted by molar-refractivity contribution is 0.179. The fraction of sp³-hybridized carbons (Fsp3) is 0.600. The van der Waals surface area contributed by atoms with Gasteiger partial charge in [-0.3, -0.25) is 4.90 Å². The summed E-state index contributed by atoms with van der Waals surface area (Å²) in [7, 11) is 4.36. The summed E-state index contributed by atoms with van der Waals surface area (Å²) < 4.78 is 0.928. The number of hydrogen-bond donors (Lipinski definition) is 1. The molecule has 5 heteroatoms. The zero-order chi connectivity index (χ0) is 14.7. The van der Waals surface area contributed by atoms with Gasteiger partial charge in [0.05, 0.1) is 5.02 Å². The molecule has 1 aromatic rings. The van der Waals surface area contributed by atoms with Gasteiger partial charge in [-0.25, -0.2) is 0 Å². The Morgan fingerprint density at radius 2 is 2.30 bits per heavy atom. The molecule has 0 saturated carbocycles. The molecular formula is C15H23BrClN3. The monoisotopic (exact) mass is 359 g/mol. The van der Waals surface area contributed by atoms with Crippen LogP contribution in [0.5, 0.6) is 0 Å². The summed E-state index contributed by atoms with van der Waals surface area (Å²) >= 11 is 9.63. The molecule has 0 amide bonds. The van der Waals surface area contributed by atoms with E-state index in [0.29, 0.717) is 12.6 Å². The number of halogens is 2. The van der Waals surface area contributed by atoms with Crippen molar-refractivity contribution in [3.8, 4) is 0 Å². The molecule has 2 atom stereocenters. The summed E-state index contributed by atoms with van der Waals surface area (Å²) in [5.41, 5.74) is 7.18. The summed E-state index contributed by atoms with van der Waals surface area (Å²) in [6, 6.07) is 6.96. The number of nitrogens with two attached hydrogens (primary N) is 1. The van der Waals surface area contributed by atoms with Gasteiger partial charge in [-0.15, -0.1) is 0 Å². The average Bonchev–Trinajstić information content (AvgIpc) is 2.80. The molecule has 0 spiro atoms. The van der Waals surface area contributed by atoms with Crippen LogP contribution in [0.4, 0.5) is 0 Å². The van der Waals surface area contributed by atoms with Crippen molar-refractivity contribution in [2.75, 3.05) is 33.7 Å². The summed E-state index contributed by atoms with van der Waals surface area (Å²) in [5, 5.41) is 0.743. The second-order valence-electron chi connectivity index (χ2n) is 5.64. The minimum atomic E-state index is 0.217. The number of hydrogen-bond acceptors (Lipinski definition) is 3. The molecule has 2 rings (SSSR count). The van der Waals surface area contributed by atoms with Gasteiger partial charge in [0.15, 0.2) is 0 Å². The molecule has 0 aliphatic carbocycles. The molecule has 20 heavy (non-hydrogen) atoms. The van der Waals surface area contributed by atoms with Crippen molar-refractivity contribution in [3.63, 3.8) is 0 Å². The molecule has 1 aliphatic heterocycles. The molecule has 1 saturated heterocycles. The standard InChI is InChI=1S/C15H23BrClN3/c1-19-7-3-4-12(19)10-20(2)15(9-18)11-5-6-13(16)14(17)8-11/h5-6,8,12,15H,3-4,7,9-10,18H2,1-2H3. The highest BCUT2D eigenvalue weighted by molar-refractivity contribution is 9.10. The van der Waals surface area contributed by atoms with Crippen LogP contribution in [0.25, 0.3) is 0 Å². The Morgan fingerprint density at radius 1 is 1.55 bits per heavy atom. The molecule has 0 bridgehead atoms. The molecule has 1 aromatic carbocycles. The first kappa shape index (κ1) is 16.2. The Morgan fingerprint density at radius 3 is 2.85 bits per heavy atom. The quantitative estimate of drug-likeness (QED) is 0.875. The second kappa shape index (κ2) is 7.23. The number of rotatable bonds is 5. The lowest BCUT2D eigenvalue weighted by Gasteiger charge is -2.32. The molecule has 2 unspecified atom stereocenters. The summed E-state index contributed by atoms with van der Waals surface area (Å²) in [6.45, 7) is 2.85. The first-order valence-electron chi connectivity index (χ1n) is 7.08. The van der Waals surface area contributed by atoms with Crippen LogP contribution in [0.2, 0.25) is 5.02 Å². The zero-order valence-corrected chi connectivity index (χ0v) is 14.5. The fourth-order valence-electron chi connectivity index (χ4n) is 2.96. The molecule has 2 N–H and O–H groups in total. The maximum Gasteiger partial charge on any atom is 0.0551 e. The average molecular weight is 361 g/mol. The summed E-state index contributed by atoms with van der Waals surface area (Å²) in [6.07, 6.45) is 2.58. The molecule has 112 valence electrons. The van der Waals surface area contributed by atoms with E-state index in [1.165, 1.54) is 24.9 Å². The molecule has 1 heterocycles. The first-order valence-corrected chi connectivity index (χ1v) is 8.25. The highest BCUT2D eigenvalue weighted by Gasteiger charge is 2.25. The Bertz CT molecular complexity index is 455. The van der Waals surface area contributed by atoms with Crippen molar-refractivity contribution < 1.29 is 0 Å². The van der Waals surface area contributed by atoms with E-state index >= 15 is 0 Å². The van der Waals surface area contributed by atoms with Crippen LogP contribution in [-0.4, -0.2) is 49.6 Å². The van der Waals surface area contributed by atoms with E-state index in [1.54, 1.807) is 0 Å². The van der Waals surface area contributed by atoms with Gasteiger partial charge in [0.2, 0.25) is 0 Å². The number of nitrogens with zero attached hydrogens (tertiary/aromatic N) is 2. The van der Waals surface area contributed by atoms with Crippen molar-refractivity contribution in [2.24, 2.45) is 5.73 Å². The third kappa shape index (κ3) is 3.74. The van der Waals surface area contributed by atoms with Crippen LogP contribution in [-0.2, 0) is 0 Å². The smallest absolute Gasteiger partial charge is 0.0551 e. The van der Waals surface area contributed by atoms with Crippen LogP contribution < -0.4 is 5.73 Å². The largest absolute Gasteiger partial charge is 0.329 e. The van der Waals surface area contributed by atoms with Gasteiger partial charge < -0.3 is 10.6 Å². The molecule has 3 nitrogen and oxygen atoms in total. The van der Waals surface area contributed by atoms with E-state index < -0.39 is 0 Å². The third-order valence-corrected chi connectivity index (χ3v) is 5.49. The van der Waals surface area contributed by atoms with Gasteiger partial charge in [-0.05, 0) is 67.1 Å².